The molecule has 0 radical (unpaired) electrons. The molecule has 2 aromatic heterocycles. The van der Waals surface area contributed by atoms with Gasteiger partial charge in [0, 0.05) is 24.6 Å². The summed E-state index contributed by atoms with van der Waals surface area (Å²) in [7, 11) is -3.74. The van der Waals surface area contributed by atoms with E-state index in [1.807, 2.05) is 0 Å². The highest BCUT2D eigenvalue weighted by Gasteiger charge is 2.32. The molecule has 1 fully saturated rings. The Labute approximate surface area is 124 Å². The number of rotatable bonds is 5. The van der Waals surface area contributed by atoms with E-state index in [-0.39, 0.29) is 16.9 Å². The van der Waals surface area contributed by atoms with Gasteiger partial charge < -0.3 is 4.57 Å². The number of alkyl halides is 3. The maximum atomic E-state index is 12.4. The van der Waals surface area contributed by atoms with Gasteiger partial charge in [-0.25, -0.2) is 13.4 Å². The van der Waals surface area contributed by atoms with Crippen LogP contribution in [0, 0.1) is 0 Å². The fourth-order valence-corrected chi connectivity index (χ4v) is 3.61. The molecule has 2 heterocycles. The Balaban J connectivity index is 1.78. The van der Waals surface area contributed by atoms with Crippen LogP contribution in [-0.4, -0.2) is 33.9 Å². The first-order valence-corrected chi connectivity index (χ1v) is 8.24. The molecule has 0 spiro atoms. The summed E-state index contributed by atoms with van der Waals surface area (Å²) in [5.74, 6) is -0.471. The van der Waals surface area contributed by atoms with Crippen LogP contribution in [0.2, 0.25) is 0 Å². The highest BCUT2D eigenvalue weighted by atomic mass is 32.2. The number of hydrogen-bond donors (Lipinski definition) is 0. The van der Waals surface area contributed by atoms with Crippen LogP contribution in [-0.2, 0) is 22.1 Å². The molecule has 0 atom stereocenters. The van der Waals surface area contributed by atoms with Crippen molar-refractivity contribution in [1.29, 1.82) is 0 Å². The number of halogens is 3. The Hall–Kier alpha value is -1.84. The third-order valence-electron chi connectivity index (χ3n) is 3.23. The predicted molar refractivity (Wildman–Crippen MR) is 69.7 cm³/mol. The molecule has 1 aliphatic rings. The van der Waals surface area contributed by atoms with Crippen molar-refractivity contribution in [1.82, 2.24) is 19.3 Å². The lowest BCUT2D eigenvalue weighted by Gasteiger charge is -2.07. The molecule has 10 heteroatoms. The Bertz CT molecular complexity index is 774. The van der Waals surface area contributed by atoms with E-state index >= 15 is 0 Å². The summed E-state index contributed by atoms with van der Waals surface area (Å²) in [4.78, 5) is 3.87. The lowest BCUT2D eigenvalue weighted by Crippen LogP contribution is -2.18. The van der Waals surface area contributed by atoms with Crippen molar-refractivity contribution in [2.75, 3.05) is 0 Å². The van der Waals surface area contributed by atoms with Crippen LogP contribution in [0.15, 0.2) is 29.8 Å². The zero-order valence-corrected chi connectivity index (χ0v) is 12.2. The second-order valence-electron chi connectivity index (χ2n) is 5.23. The molecule has 120 valence electrons. The molecule has 0 aromatic carbocycles. The van der Waals surface area contributed by atoms with Gasteiger partial charge in [0.1, 0.15) is 12.3 Å². The van der Waals surface area contributed by atoms with Gasteiger partial charge in [-0.15, -0.1) is 0 Å². The molecule has 3 rings (SSSR count). The first kappa shape index (κ1) is 15.1. The van der Waals surface area contributed by atoms with E-state index in [1.54, 1.807) is 10.8 Å². The minimum absolute atomic E-state index is 0.0552. The van der Waals surface area contributed by atoms with Crippen molar-refractivity contribution >= 4 is 9.84 Å². The number of nitrogens with zero attached hydrogens (tertiary/aromatic N) is 4. The van der Waals surface area contributed by atoms with E-state index in [2.05, 4.69) is 10.1 Å². The minimum atomic E-state index is -4.40. The fraction of sp³-hybridized carbons (Fsp3) is 0.500. The number of sulfone groups is 1. The largest absolute Gasteiger partial charge is 0.408 e. The zero-order chi connectivity index (χ0) is 16.0. The lowest BCUT2D eigenvalue weighted by molar-refractivity contribution is -0.142. The molecule has 1 saturated carbocycles. The summed E-state index contributed by atoms with van der Waals surface area (Å²) in [6, 6.07) is 1.42. The van der Waals surface area contributed by atoms with Crippen molar-refractivity contribution in [3.05, 3.63) is 30.4 Å². The highest BCUT2D eigenvalue weighted by Crippen LogP contribution is 2.36. The quantitative estimate of drug-likeness (QED) is 0.838. The van der Waals surface area contributed by atoms with E-state index in [1.165, 1.54) is 12.3 Å². The zero-order valence-electron chi connectivity index (χ0n) is 11.4. The maximum absolute atomic E-state index is 12.4. The monoisotopic (exact) mass is 334 g/mol. The summed E-state index contributed by atoms with van der Waals surface area (Å²) < 4.78 is 63.8. The molecule has 1 aliphatic carbocycles. The van der Waals surface area contributed by atoms with E-state index in [0.717, 1.165) is 19.0 Å². The van der Waals surface area contributed by atoms with Crippen molar-refractivity contribution in [2.24, 2.45) is 0 Å². The SMILES string of the molecule is O=S(=O)(Cc1ccn(CC(F)(F)F)n1)c1nccn1C1CC1. The van der Waals surface area contributed by atoms with Crippen LogP contribution in [0.5, 0.6) is 0 Å². The smallest absolute Gasteiger partial charge is 0.319 e. The number of imidazole rings is 1. The molecule has 22 heavy (non-hydrogen) atoms. The summed E-state index contributed by atoms with van der Waals surface area (Å²) in [5.41, 5.74) is 0.0644. The van der Waals surface area contributed by atoms with Crippen LogP contribution in [0.1, 0.15) is 24.6 Å². The third kappa shape index (κ3) is 3.32. The summed E-state index contributed by atoms with van der Waals surface area (Å²) in [6.07, 6.45) is 1.54. The second kappa shape index (κ2) is 5.11. The molecule has 2 aromatic rings. The van der Waals surface area contributed by atoms with E-state index in [4.69, 9.17) is 0 Å². The van der Waals surface area contributed by atoms with Crippen molar-refractivity contribution < 1.29 is 21.6 Å². The average molecular weight is 334 g/mol. The second-order valence-corrected chi connectivity index (χ2v) is 7.11. The molecule has 0 N–H and O–H groups in total. The van der Waals surface area contributed by atoms with Crippen LogP contribution in [0.25, 0.3) is 0 Å². The Morgan fingerprint density at radius 3 is 2.64 bits per heavy atom. The summed E-state index contributed by atoms with van der Waals surface area (Å²) in [5, 5.41) is 3.61. The van der Waals surface area contributed by atoms with Gasteiger partial charge in [0.15, 0.2) is 0 Å². The van der Waals surface area contributed by atoms with Gasteiger partial charge in [-0.2, -0.15) is 18.3 Å². The molecular formula is C12H13F3N4O2S. The van der Waals surface area contributed by atoms with E-state index in [9.17, 15) is 21.6 Å². The molecular weight excluding hydrogens is 321 g/mol. The summed E-state index contributed by atoms with van der Waals surface area (Å²) in [6.45, 7) is -1.25. The average Bonchev–Trinajstić information content (AvgIpc) is 2.93. The normalized spacial score (nSPS) is 16.1. The molecule has 6 nitrogen and oxygen atoms in total. The van der Waals surface area contributed by atoms with Crippen LogP contribution < -0.4 is 0 Å². The Morgan fingerprint density at radius 1 is 1.27 bits per heavy atom. The van der Waals surface area contributed by atoms with Crippen molar-refractivity contribution in [2.45, 2.75) is 42.5 Å². The third-order valence-corrected chi connectivity index (χ3v) is 4.78. The van der Waals surface area contributed by atoms with Gasteiger partial charge >= 0.3 is 6.18 Å². The van der Waals surface area contributed by atoms with Crippen molar-refractivity contribution in [3.8, 4) is 0 Å². The highest BCUT2D eigenvalue weighted by molar-refractivity contribution is 7.90. The molecule has 0 unspecified atom stereocenters. The molecule has 0 amide bonds. The van der Waals surface area contributed by atoms with Crippen LogP contribution in [0.3, 0.4) is 0 Å². The fourth-order valence-electron chi connectivity index (χ4n) is 2.18. The lowest BCUT2D eigenvalue weighted by atomic mass is 10.5. The van der Waals surface area contributed by atoms with E-state index in [0.29, 0.717) is 4.68 Å². The molecule has 0 bridgehead atoms. The van der Waals surface area contributed by atoms with Crippen molar-refractivity contribution in [3.63, 3.8) is 0 Å². The van der Waals surface area contributed by atoms with Gasteiger partial charge in [0.25, 0.3) is 0 Å². The van der Waals surface area contributed by atoms with Gasteiger partial charge in [-0.3, -0.25) is 4.68 Å². The topological polar surface area (TPSA) is 69.8 Å². The van der Waals surface area contributed by atoms with Crippen LogP contribution in [0.4, 0.5) is 13.2 Å². The van der Waals surface area contributed by atoms with Gasteiger partial charge in [-0.05, 0) is 18.9 Å². The molecule has 0 aliphatic heterocycles. The first-order valence-electron chi connectivity index (χ1n) is 6.59. The van der Waals surface area contributed by atoms with Gasteiger partial charge in [0.2, 0.25) is 15.0 Å². The standard InChI is InChI=1S/C12H13F3N4O2S/c13-12(14,15)8-18-5-3-9(17-18)7-22(20,21)11-16-4-6-19(11)10-1-2-10/h3-6,10H,1-2,7-8H2. The predicted octanol–water partition coefficient (Wildman–Crippen LogP) is 1.95. The van der Waals surface area contributed by atoms with E-state index < -0.39 is 28.3 Å². The Kier molecular flexibility index (Phi) is 3.50. The first-order chi connectivity index (χ1) is 10.2. The van der Waals surface area contributed by atoms with Gasteiger partial charge in [-0.1, -0.05) is 0 Å². The molecule has 0 saturated heterocycles. The number of aromatic nitrogens is 4. The van der Waals surface area contributed by atoms with Gasteiger partial charge in [0.05, 0.1) is 5.69 Å². The Morgan fingerprint density at radius 2 is 2.00 bits per heavy atom. The number of hydrogen-bond acceptors (Lipinski definition) is 4. The summed E-state index contributed by atoms with van der Waals surface area (Å²) >= 11 is 0. The minimum Gasteiger partial charge on any atom is -0.319 e. The maximum Gasteiger partial charge on any atom is 0.408 e. The van der Waals surface area contributed by atoms with Crippen LogP contribution >= 0.6 is 0 Å².